The number of carbonyl (C=O) groups excluding carboxylic acids is 2. The molecule has 0 aliphatic carbocycles. The average molecular weight is 534 g/mol. The Bertz CT molecular complexity index is 1320. The van der Waals surface area contributed by atoms with Crippen molar-refractivity contribution in [2.75, 3.05) is 5.32 Å². The first-order chi connectivity index (χ1) is 18.5. The number of ether oxygens (including phenoxy) is 3. The summed E-state index contributed by atoms with van der Waals surface area (Å²) in [4.78, 5) is 29.3. The highest BCUT2D eigenvalue weighted by Gasteiger charge is 2.27. The summed E-state index contributed by atoms with van der Waals surface area (Å²) in [5.74, 6) is 1.48. The number of aromatic hydroxyl groups is 1. The molecule has 39 heavy (non-hydrogen) atoms. The first kappa shape index (κ1) is 27.8. The lowest BCUT2D eigenvalue weighted by Crippen LogP contribution is -2.48. The molecule has 1 aliphatic heterocycles. The van der Waals surface area contributed by atoms with Crippen LogP contribution in [0.3, 0.4) is 0 Å². The fraction of sp³-hybridized carbons (Fsp3) is 0.367. The minimum Gasteiger partial charge on any atom is -0.508 e. The molecule has 3 N–H and O–H groups in total. The number of phenols is 1. The van der Waals surface area contributed by atoms with Gasteiger partial charge in [0.1, 0.15) is 35.0 Å². The van der Waals surface area contributed by atoms with E-state index in [-0.39, 0.29) is 23.7 Å². The summed E-state index contributed by atoms with van der Waals surface area (Å²) in [7, 11) is 0. The maximum Gasteiger partial charge on any atom is 0.408 e. The van der Waals surface area contributed by atoms with Gasteiger partial charge in [0, 0.05) is 6.07 Å². The minimum atomic E-state index is -0.777. The Hall–Kier alpha value is -4.27. The van der Waals surface area contributed by atoms with E-state index in [2.05, 4.69) is 15.6 Å². The molecule has 1 aliphatic rings. The third kappa shape index (κ3) is 7.63. The predicted molar refractivity (Wildman–Crippen MR) is 147 cm³/mol. The number of hydrogen-bond acceptors (Lipinski definition) is 7. The number of nitrogens with zero attached hydrogens (tertiary/aromatic N) is 1. The molecule has 0 fully saturated rings. The molecule has 206 valence electrons. The zero-order valence-electron chi connectivity index (χ0n) is 22.9. The number of benzene rings is 2. The highest BCUT2D eigenvalue weighted by Crippen LogP contribution is 2.38. The molecule has 0 spiro atoms. The molecule has 0 saturated carbocycles. The zero-order valence-corrected chi connectivity index (χ0v) is 22.9. The van der Waals surface area contributed by atoms with E-state index in [1.807, 2.05) is 44.2 Å². The second kappa shape index (κ2) is 11.6. The van der Waals surface area contributed by atoms with E-state index >= 15 is 0 Å². The first-order valence-corrected chi connectivity index (χ1v) is 13.0. The predicted octanol–water partition coefficient (Wildman–Crippen LogP) is 6.13. The zero-order chi connectivity index (χ0) is 28.2. The van der Waals surface area contributed by atoms with Crippen LogP contribution in [-0.4, -0.2) is 33.7 Å². The number of aryl methyl sites for hydroxylation is 1. The van der Waals surface area contributed by atoms with Crippen molar-refractivity contribution in [1.29, 1.82) is 0 Å². The van der Waals surface area contributed by atoms with Gasteiger partial charge in [0.05, 0.1) is 11.9 Å². The highest BCUT2D eigenvalue weighted by atomic mass is 16.6. The molecule has 2 aromatic carbocycles. The Morgan fingerprint density at radius 3 is 2.56 bits per heavy atom. The summed E-state index contributed by atoms with van der Waals surface area (Å²) in [5, 5.41) is 15.2. The number of rotatable bonds is 7. The molecule has 3 aromatic rings. The lowest BCUT2D eigenvalue weighted by molar-refractivity contribution is -0.119. The van der Waals surface area contributed by atoms with E-state index in [1.165, 1.54) is 6.20 Å². The molecule has 2 heterocycles. The van der Waals surface area contributed by atoms with Gasteiger partial charge in [0.15, 0.2) is 0 Å². The smallest absolute Gasteiger partial charge is 0.408 e. The van der Waals surface area contributed by atoms with Crippen LogP contribution in [0.15, 0.2) is 60.8 Å². The van der Waals surface area contributed by atoms with Gasteiger partial charge in [0.2, 0.25) is 11.8 Å². The van der Waals surface area contributed by atoms with Gasteiger partial charge in [-0.2, -0.15) is 0 Å². The van der Waals surface area contributed by atoms with E-state index in [0.717, 1.165) is 29.7 Å². The van der Waals surface area contributed by atoms with Crippen LogP contribution in [0.2, 0.25) is 0 Å². The second-order valence-electron chi connectivity index (χ2n) is 10.9. The average Bonchev–Trinajstić information content (AvgIpc) is 2.87. The van der Waals surface area contributed by atoms with Crippen LogP contribution < -0.4 is 20.1 Å². The van der Waals surface area contributed by atoms with Gasteiger partial charge in [-0.05, 0) is 87.1 Å². The Balaban J connectivity index is 1.35. The van der Waals surface area contributed by atoms with E-state index in [9.17, 15) is 14.7 Å². The fourth-order valence-electron chi connectivity index (χ4n) is 4.21. The third-order valence-corrected chi connectivity index (χ3v) is 6.07. The lowest BCUT2D eigenvalue weighted by Gasteiger charge is -2.26. The summed E-state index contributed by atoms with van der Waals surface area (Å²) in [5.41, 5.74) is 1.78. The fourth-order valence-corrected chi connectivity index (χ4v) is 4.21. The van der Waals surface area contributed by atoms with Crippen LogP contribution in [-0.2, 0) is 16.0 Å². The number of carbonyl (C=O) groups is 2. The number of anilines is 1. The standard InChI is InChI=1S/C30H35N3O6/c1-18(2)27(33-29(36)39-30(3,4)5)28(35)32-21-10-14-26(31-17-21)37-23-11-13-25-20(16-23)9-12-24(38-25)19-7-6-8-22(34)15-19/h6-8,10-11,13-18,24,27,34H,9,12H2,1-5H3,(H,32,35)(H,33,36). The molecular formula is C30H35N3O6. The molecule has 0 bridgehead atoms. The monoisotopic (exact) mass is 533 g/mol. The van der Waals surface area contributed by atoms with Crippen LogP contribution in [0.1, 0.15) is 58.3 Å². The van der Waals surface area contributed by atoms with Gasteiger partial charge < -0.3 is 30.0 Å². The molecule has 0 saturated heterocycles. The van der Waals surface area contributed by atoms with Crippen LogP contribution in [0.25, 0.3) is 0 Å². The summed E-state index contributed by atoms with van der Waals surface area (Å²) >= 11 is 0. The van der Waals surface area contributed by atoms with Crippen molar-refractivity contribution in [2.24, 2.45) is 5.92 Å². The Labute approximate surface area is 228 Å². The van der Waals surface area contributed by atoms with Gasteiger partial charge in [-0.25, -0.2) is 9.78 Å². The highest BCUT2D eigenvalue weighted by molar-refractivity contribution is 5.96. The summed E-state index contributed by atoms with van der Waals surface area (Å²) in [6.07, 6.45) is 2.32. The summed E-state index contributed by atoms with van der Waals surface area (Å²) in [6.45, 7) is 8.97. The van der Waals surface area contributed by atoms with Crippen molar-refractivity contribution in [3.05, 3.63) is 71.9 Å². The van der Waals surface area contributed by atoms with E-state index in [4.69, 9.17) is 14.2 Å². The number of amides is 2. The Morgan fingerprint density at radius 1 is 1.10 bits per heavy atom. The number of pyridine rings is 1. The van der Waals surface area contributed by atoms with Gasteiger partial charge in [-0.1, -0.05) is 26.0 Å². The molecule has 0 radical (unpaired) electrons. The summed E-state index contributed by atoms with van der Waals surface area (Å²) in [6, 6.07) is 15.3. The van der Waals surface area contributed by atoms with Crippen molar-refractivity contribution in [3.8, 4) is 23.1 Å². The van der Waals surface area contributed by atoms with Gasteiger partial charge in [0.25, 0.3) is 0 Å². The molecule has 4 rings (SSSR count). The first-order valence-electron chi connectivity index (χ1n) is 13.0. The maximum atomic E-state index is 12.8. The number of hydrogen-bond donors (Lipinski definition) is 3. The van der Waals surface area contributed by atoms with Crippen molar-refractivity contribution < 1.29 is 28.9 Å². The number of aromatic nitrogens is 1. The van der Waals surface area contributed by atoms with Crippen LogP contribution in [0, 0.1) is 5.92 Å². The maximum absolute atomic E-state index is 12.8. The van der Waals surface area contributed by atoms with Gasteiger partial charge in [-0.3, -0.25) is 4.79 Å². The number of alkyl carbamates (subject to hydrolysis) is 1. The normalized spacial score (nSPS) is 15.5. The van der Waals surface area contributed by atoms with Crippen molar-refractivity contribution >= 4 is 17.7 Å². The number of nitrogens with one attached hydrogen (secondary N) is 2. The van der Waals surface area contributed by atoms with Crippen molar-refractivity contribution in [2.45, 2.75) is 65.2 Å². The Kier molecular flexibility index (Phi) is 8.28. The van der Waals surface area contributed by atoms with E-state index < -0.39 is 17.7 Å². The van der Waals surface area contributed by atoms with Crippen LogP contribution in [0.4, 0.5) is 10.5 Å². The van der Waals surface area contributed by atoms with Crippen molar-refractivity contribution in [3.63, 3.8) is 0 Å². The molecule has 9 heteroatoms. The molecule has 2 amide bonds. The minimum absolute atomic E-state index is 0.115. The SMILES string of the molecule is CC(C)C(NC(=O)OC(C)(C)C)C(=O)Nc1ccc(Oc2ccc3c(c2)CCC(c2cccc(O)c2)O3)nc1. The van der Waals surface area contributed by atoms with E-state index in [0.29, 0.717) is 17.3 Å². The number of phenolic OH excluding ortho intramolecular Hbond substituents is 1. The van der Waals surface area contributed by atoms with Crippen LogP contribution in [0.5, 0.6) is 23.1 Å². The molecule has 9 nitrogen and oxygen atoms in total. The van der Waals surface area contributed by atoms with Gasteiger partial charge in [-0.15, -0.1) is 0 Å². The van der Waals surface area contributed by atoms with Crippen LogP contribution >= 0.6 is 0 Å². The topological polar surface area (TPSA) is 119 Å². The molecular weight excluding hydrogens is 498 g/mol. The second-order valence-corrected chi connectivity index (χ2v) is 10.9. The molecule has 2 unspecified atom stereocenters. The van der Waals surface area contributed by atoms with Crippen molar-refractivity contribution in [1.82, 2.24) is 10.3 Å². The quantitative estimate of drug-likeness (QED) is 0.334. The number of fused-ring (bicyclic) bond motifs is 1. The largest absolute Gasteiger partial charge is 0.508 e. The third-order valence-electron chi connectivity index (χ3n) is 6.07. The lowest BCUT2D eigenvalue weighted by atomic mass is 9.97. The summed E-state index contributed by atoms with van der Waals surface area (Å²) < 4.78 is 17.4. The van der Waals surface area contributed by atoms with Gasteiger partial charge >= 0.3 is 6.09 Å². The molecule has 2 atom stereocenters. The Morgan fingerprint density at radius 2 is 1.90 bits per heavy atom. The van der Waals surface area contributed by atoms with E-state index in [1.54, 1.807) is 45.0 Å². The molecule has 1 aromatic heterocycles.